The number of alkyl halides is 3. The summed E-state index contributed by atoms with van der Waals surface area (Å²) in [6.45, 7) is 10.8. The first-order chi connectivity index (χ1) is 18.9. The van der Waals surface area contributed by atoms with Gasteiger partial charge in [-0.3, -0.25) is 4.99 Å². The molecule has 0 fully saturated rings. The van der Waals surface area contributed by atoms with Gasteiger partial charge in [-0.05, 0) is 100 Å². The largest absolute Gasteiger partial charge is 2.00 e. The van der Waals surface area contributed by atoms with Crippen LogP contribution in [0, 0.1) is 34.1 Å². The van der Waals surface area contributed by atoms with Gasteiger partial charge >= 0.3 is 25.9 Å². The molecule has 0 unspecified atom stereocenters. The number of aliphatic imine (C=N–C) groups is 1. The summed E-state index contributed by atoms with van der Waals surface area (Å²) in [6.07, 6.45) is 8.50. The molecule has 0 saturated heterocycles. The molecule has 0 atom stereocenters. The van der Waals surface area contributed by atoms with Crippen molar-refractivity contribution in [3.63, 3.8) is 0 Å². The van der Waals surface area contributed by atoms with Crippen LogP contribution in [0.2, 0.25) is 0 Å². The molecule has 1 aliphatic rings. The monoisotopic (exact) mass is 693 g/mol. The van der Waals surface area contributed by atoms with E-state index in [1.54, 1.807) is 5.31 Å². The van der Waals surface area contributed by atoms with Crippen LogP contribution in [-0.4, -0.2) is 24.7 Å². The Kier molecular flexibility index (Phi) is 16.0. The van der Waals surface area contributed by atoms with Gasteiger partial charge < -0.3 is 4.55 Å². The average molecular weight is 694 g/mol. The van der Waals surface area contributed by atoms with Crippen molar-refractivity contribution in [2.45, 2.75) is 45.0 Å². The van der Waals surface area contributed by atoms with Gasteiger partial charge in [-0.1, -0.05) is 78.9 Å². The summed E-state index contributed by atoms with van der Waals surface area (Å²) in [6, 6.07) is 28.5. The van der Waals surface area contributed by atoms with Gasteiger partial charge in [-0.15, -0.1) is 0 Å². The number of hydrogen-bond donors (Lipinski definition) is 0. The number of halogens is 3. The molecule has 4 rings (SSSR count). The summed E-state index contributed by atoms with van der Waals surface area (Å²) in [4.78, 5) is 4.98. The molecular weight excluding hydrogens is 661 g/mol. The molecule has 0 heterocycles. The molecule has 1 aliphatic carbocycles. The Morgan fingerprint density at radius 1 is 0.829 bits per heavy atom. The fourth-order valence-corrected chi connectivity index (χ4v) is 6.77. The molecule has 0 spiro atoms. The van der Waals surface area contributed by atoms with Gasteiger partial charge in [0.25, 0.3) is 0 Å². The molecule has 221 valence electrons. The number of aryl methyl sites for hydroxylation is 2. The fraction of sp³-hybridized carbons (Fsp3) is 0.226. The zero-order valence-electron chi connectivity index (χ0n) is 22.9. The molecule has 10 heteroatoms. The van der Waals surface area contributed by atoms with Gasteiger partial charge in [0.05, 0.1) is 5.69 Å². The smallest absolute Gasteiger partial charge is 0.741 e. The third-order valence-electron chi connectivity index (χ3n) is 5.85. The van der Waals surface area contributed by atoms with E-state index in [1.807, 2.05) is 0 Å². The van der Waals surface area contributed by atoms with E-state index < -0.39 is 23.5 Å². The zero-order valence-corrected chi connectivity index (χ0v) is 26.1. The molecule has 0 aromatic heterocycles. The second kappa shape index (κ2) is 17.7. The van der Waals surface area contributed by atoms with Crippen molar-refractivity contribution in [2.75, 3.05) is 0 Å². The maximum Gasteiger partial charge on any atom is 2.00 e. The van der Waals surface area contributed by atoms with E-state index in [-0.39, 0.29) is 20.4 Å². The Hall–Kier alpha value is -2.14. The van der Waals surface area contributed by atoms with Gasteiger partial charge in [0.2, 0.25) is 0 Å². The molecule has 3 aromatic rings. The molecule has 0 N–H and O–H groups in total. The predicted octanol–water partition coefficient (Wildman–Crippen LogP) is 7.87. The van der Waals surface area contributed by atoms with E-state index in [0.29, 0.717) is 0 Å². The first-order valence-corrected chi connectivity index (χ1v) is 15.3. The number of rotatable bonds is 5. The Morgan fingerprint density at radius 3 is 1.66 bits per heavy atom. The minimum atomic E-state index is -6.09. The van der Waals surface area contributed by atoms with Crippen LogP contribution in [-0.2, 0) is 30.5 Å². The maximum absolute atomic E-state index is 10.7. The van der Waals surface area contributed by atoms with Crippen molar-refractivity contribution >= 4 is 40.6 Å². The maximum atomic E-state index is 10.7. The summed E-state index contributed by atoms with van der Waals surface area (Å²) in [5, 5.41) is 4.46. The van der Waals surface area contributed by atoms with Gasteiger partial charge in [0, 0.05) is 6.21 Å². The molecule has 41 heavy (non-hydrogen) atoms. The molecule has 0 saturated carbocycles. The van der Waals surface area contributed by atoms with Crippen LogP contribution in [0.25, 0.3) is 0 Å². The molecule has 0 aliphatic heterocycles. The van der Waals surface area contributed by atoms with Gasteiger partial charge in [0.15, 0.2) is 10.1 Å². The zero-order chi connectivity index (χ0) is 29.8. The van der Waals surface area contributed by atoms with E-state index in [9.17, 15) is 13.2 Å². The number of para-hydroxylation sites is 1. The van der Waals surface area contributed by atoms with Crippen LogP contribution in [0.3, 0.4) is 0 Å². The quantitative estimate of drug-likeness (QED) is 0.0898. The minimum Gasteiger partial charge on any atom is -0.741 e. The topological polar surface area (TPSA) is 69.6 Å². The van der Waals surface area contributed by atoms with Crippen LogP contribution in [0.1, 0.15) is 36.8 Å². The van der Waals surface area contributed by atoms with E-state index >= 15 is 0 Å². The first kappa shape index (κ1) is 36.9. The van der Waals surface area contributed by atoms with Crippen molar-refractivity contribution in [3.05, 3.63) is 121 Å². The van der Waals surface area contributed by atoms with Crippen LogP contribution in [0.5, 0.6) is 0 Å². The van der Waals surface area contributed by atoms with Crippen LogP contribution < -0.4 is 10.6 Å². The third kappa shape index (κ3) is 11.6. The molecule has 4 nitrogen and oxygen atoms in total. The van der Waals surface area contributed by atoms with E-state index in [2.05, 4.69) is 113 Å². The minimum absolute atomic E-state index is 0. The number of benzene rings is 3. The van der Waals surface area contributed by atoms with E-state index in [4.69, 9.17) is 18.0 Å². The average Bonchev–Trinajstić information content (AvgIpc) is 2.90. The molecule has 3 aromatic carbocycles. The summed E-state index contributed by atoms with van der Waals surface area (Å²) < 4.78 is 58.9. The third-order valence-corrected chi connectivity index (χ3v) is 9.10. The Morgan fingerprint density at radius 2 is 1.24 bits per heavy atom. The molecule has 0 bridgehead atoms. The fourth-order valence-electron chi connectivity index (χ4n) is 4.07. The van der Waals surface area contributed by atoms with Gasteiger partial charge in [-0.25, -0.2) is 8.42 Å². The van der Waals surface area contributed by atoms with Crippen LogP contribution >= 0.6 is 7.92 Å². The van der Waals surface area contributed by atoms with Crippen LogP contribution in [0.4, 0.5) is 18.9 Å². The number of hydrogen-bond acceptors (Lipinski definition) is 4. The van der Waals surface area contributed by atoms with Crippen molar-refractivity contribution in [1.82, 2.24) is 0 Å². The summed E-state index contributed by atoms with van der Waals surface area (Å²) in [5.41, 5.74) is -0.598. The summed E-state index contributed by atoms with van der Waals surface area (Å²) >= 11 is 0. The van der Waals surface area contributed by atoms with Crippen molar-refractivity contribution in [1.29, 1.82) is 0 Å². The van der Waals surface area contributed by atoms with Crippen molar-refractivity contribution in [3.8, 4) is 0 Å². The second-order valence-electron chi connectivity index (χ2n) is 8.87. The molecule has 0 amide bonds. The molecular formula is C31H33F3NO3PPdS+. The molecule has 3 radical (unpaired) electrons. The summed E-state index contributed by atoms with van der Waals surface area (Å²) in [7, 11) is -6.61. The standard InChI is InChI=1S/C27H28NP.C3H5.CHF3O3S.Pd/c1-21-12-11-13-22(2)27(21)28-20-23-14-9-10-19-26(23)29(24-15-5-3-6-16-24)25-17-7-4-8-18-25;1-3-2;2-1(3,4)8(5,6)7;/h3-8,11-13,15-18,20H,9-10,14,19H2,1-2H3;3H,1-2H2;(H,5,6,7);/q;;;+2/p-1. The first-order valence-electron chi connectivity index (χ1n) is 12.6. The van der Waals surface area contributed by atoms with E-state index in [1.165, 1.54) is 53.0 Å². The van der Waals surface area contributed by atoms with Gasteiger partial charge in [0.1, 0.15) is 0 Å². The van der Waals surface area contributed by atoms with Crippen LogP contribution in [0.15, 0.2) is 94.7 Å². The summed E-state index contributed by atoms with van der Waals surface area (Å²) in [5.74, 6) is 0. The Bertz CT molecular complexity index is 1320. The van der Waals surface area contributed by atoms with Gasteiger partial charge in [-0.2, -0.15) is 13.2 Å². The second-order valence-corrected chi connectivity index (χ2v) is 12.5. The van der Waals surface area contributed by atoms with Crippen molar-refractivity contribution in [2.24, 2.45) is 4.99 Å². The SMILES string of the molecule is Cc1cccc(C)c1N=CC1=C(P(c2ccccc2)c2ccccc2)CCCC1.O=S(=O)([O-])C(F)(F)F.[CH2][CH][CH2].[Pd+2]. The van der Waals surface area contributed by atoms with E-state index in [0.717, 1.165) is 12.1 Å². The Labute approximate surface area is 257 Å². The number of allylic oxidation sites excluding steroid dienone is 2. The normalized spacial score (nSPS) is 13.6. The number of nitrogens with zero attached hydrogens (tertiary/aromatic N) is 1. The predicted molar refractivity (Wildman–Crippen MR) is 159 cm³/mol. The Balaban J connectivity index is 0.000000601. The van der Waals surface area contributed by atoms with Crippen molar-refractivity contribution < 1.29 is 46.6 Å².